The van der Waals surface area contributed by atoms with Crippen LogP contribution in [-0.2, 0) is 0 Å². The monoisotopic (exact) mass is 163 g/mol. The zero-order chi connectivity index (χ0) is 7.44. The average molecular weight is 164 g/mol. The molecule has 1 nitrogen and oxygen atoms in total. The highest BCUT2D eigenvalue weighted by molar-refractivity contribution is 6.35. The van der Waals surface area contributed by atoms with Crippen molar-refractivity contribution in [3.63, 3.8) is 0 Å². The van der Waals surface area contributed by atoms with Gasteiger partial charge in [0.1, 0.15) is 0 Å². The first-order valence-electron chi connectivity index (χ1n) is 2.20. The normalized spacial score (nSPS) is 11.1. The van der Waals surface area contributed by atoms with E-state index < -0.39 is 0 Å². The van der Waals surface area contributed by atoms with Gasteiger partial charge in [-0.1, -0.05) is 36.4 Å². The first-order valence-corrected chi connectivity index (χ1v) is 2.96. The SMILES string of the molecule is C=C(Cl)/C=C(/Cl)C(=C)N. The molecule has 0 radical (unpaired) electrons. The molecule has 0 aromatic rings. The van der Waals surface area contributed by atoms with E-state index in [0.29, 0.717) is 15.8 Å². The van der Waals surface area contributed by atoms with Crippen molar-refractivity contribution < 1.29 is 0 Å². The fourth-order valence-electron chi connectivity index (χ4n) is 0.230. The van der Waals surface area contributed by atoms with Crippen molar-refractivity contribution in [1.29, 1.82) is 0 Å². The van der Waals surface area contributed by atoms with Gasteiger partial charge in [-0.15, -0.1) is 0 Å². The van der Waals surface area contributed by atoms with Gasteiger partial charge in [-0.25, -0.2) is 0 Å². The number of rotatable bonds is 2. The molecule has 3 heteroatoms. The van der Waals surface area contributed by atoms with Crippen LogP contribution < -0.4 is 5.73 Å². The summed E-state index contributed by atoms with van der Waals surface area (Å²) >= 11 is 10.9. The first-order chi connectivity index (χ1) is 4.04. The smallest absolute Gasteiger partial charge is 0.0643 e. The van der Waals surface area contributed by atoms with Gasteiger partial charge in [0.15, 0.2) is 0 Å². The summed E-state index contributed by atoms with van der Waals surface area (Å²) in [6.45, 7) is 6.77. The van der Waals surface area contributed by atoms with Gasteiger partial charge < -0.3 is 5.73 Å². The minimum atomic E-state index is 0.290. The van der Waals surface area contributed by atoms with Gasteiger partial charge in [0.25, 0.3) is 0 Å². The lowest BCUT2D eigenvalue weighted by molar-refractivity contribution is 1.42. The van der Waals surface area contributed by atoms with Crippen LogP contribution in [0.5, 0.6) is 0 Å². The molecule has 0 spiro atoms. The second kappa shape index (κ2) is 3.59. The van der Waals surface area contributed by atoms with Crippen molar-refractivity contribution in [1.82, 2.24) is 0 Å². The Labute approximate surface area is 64.4 Å². The van der Waals surface area contributed by atoms with Crippen LogP contribution in [0, 0.1) is 0 Å². The number of hydrogen-bond acceptors (Lipinski definition) is 1. The lowest BCUT2D eigenvalue weighted by atomic mass is 10.4. The Morgan fingerprint density at radius 3 is 1.89 bits per heavy atom. The van der Waals surface area contributed by atoms with Crippen LogP contribution in [0.15, 0.2) is 35.0 Å². The molecule has 0 atom stereocenters. The van der Waals surface area contributed by atoms with Gasteiger partial charge >= 0.3 is 0 Å². The fourth-order valence-corrected chi connectivity index (χ4v) is 0.527. The van der Waals surface area contributed by atoms with E-state index in [9.17, 15) is 0 Å². The maximum atomic E-state index is 5.50. The van der Waals surface area contributed by atoms with Gasteiger partial charge in [0, 0.05) is 10.7 Å². The fraction of sp³-hybridized carbons (Fsp3) is 0. The van der Waals surface area contributed by atoms with E-state index in [1.165, 1.54) is 6.08 Å². The third-order valence-corrected chi connectivity index (χ3v) is 1.05. The predicted molar refractivity (Wildman–Crippen MR) is 42.3 cm³/mol. The molecule has 0 saturated carbocycles. The Morgan fingerprint density at radius 2 is 1.78 bits per heavy atom. The summed E-state index contributed by atoms with van der Waals surface area (Å²) in [6.07, 6.45) is 1.44. The zero-order valence-corrected chi connectivity index (χ0v) is 6.34. The molecule has 0 unspecified atom stereocenters. The number of halogens is 2. The lowest BCUT2D eigenvalue weighted by Crippen LogP contribution is -1.93. The molecule has 0 bridgehead atoms. The molecule has 0 amide bonds. The van der Waals surface area contributed by atoms with Crippen LogP contribution in [0.4, 0.5) is 0 Å². The topological polar surface area (TPSA) is 26.0 Å². The van der Waals surface area contributed by atoms with Crippen molar-refractivity contribution in [3.8, 4) is 0 Å². The molecule has 2 N–H and O–H groups in total. The summed E-state index contributed by atoms with van der Waals surface area (Å²) in [4.78, 5) is 0. The van der Waals surface area contributed by atoms with Crippen LogP contribution in [0.25, 0.3) is 0 Å². The maximum Gasteiger partial charge on any atom is 0.0643 e. The second-order valence-electron chi connectivity index (χ2n) is 1.46. The van der Waals surface area contributed by atoms with Gasteiger partial charge in [0.05, 0.1) is 5.03 Å². The molecule has 0 fully saturated rings. The van der Waals surface area contributed by atoms with E-state index in [0.717, 1.165) is 0 Å². The Hall–Kier alpha value is -0.400. The van der Waals surface area contributed by atoms with Crippen molar-refractivity contribution in [2.75, 3.05) is 0 Å². The van der Waals surface area contributed by atoms with E-state index >= 15 is 0 Å². The molecule has 0 aliphatic carbocycles. The van der Waals surface area contributed by atoms with E-state index in [-0.39, 0.29) is 0 Å². The third kappa shape index (κ3) is 4.13. The van der Waals surface area contributed by atoms with E-state index in [1.54, 1.807) is 0 Å². The third-order valence-electron chi connectivity index (χ3n) is 0.590. The standard InChI is InChI=1S/C6H7Cl2N/c1-4(7)3-6(8)5(2)9/h3H,1-2,9H2/b6-3+. The number of allylic oxidation sites excluding steroid dienone is 3. The van der Waals surface area contributed by atoms with Crippen LogP contribution >= 0.6 is 23.2 Å². The minimum absolute atomic E-state index is 0.290. The molecule has 50 valence electrons. The molecule has 0 heterocycles. The minimum Gasteiger partial charge on any atom is -0.398 e. The Balaban J connectivity index is 4.17. The molecule has 0 rings (SSSR count). The summed E-state index contributed by atoms with van der Waals surface area (Å²) in [5, 5.41) is 0.668. The molecule has 0 aromatic heterocycles. The van der Waals surface area contributed by atoms with Gasteiger partial charge in [-0.05, 0) is 6.08 Å². The first kappa shape index (κ1) is 8.60. The van der Waals surface area contributed by atoms with Crippen molar-refractivity contribution >= 4 is 23.2 Å². The Morgan fingerprint density at radius 1 is 1.33 bits per heavy atom. The van der Waals surface area contributed by atoms with Crippen LogP contribution in [-0.4, -0.2) is 0 Å². The molecule has 0 aliphatic rings. The van der Waals surface area contributed by atoms with Crippen LogP contribution in [0.1, 0.15) is 0 Å². The van der Waals surface area contributed by atoms with Gasteiger partial charge in [-0.2, -0.15) is 0 Å². The molecule has 0 aliphatic heterocycles. The van der Waals surface area contributed by atoms with E-state index in [2.05, 4.69) is 13.2 Å². The Bertz CT molecular complexity index is 170. The molecule has 9 heavy (non-hydrogen) atoms. The molecular formula is C6H7Cl2N. The zero-order valence-electron chi connectivity index (χ0n) is 4.82. The summed E-state index contributed by atoms with van der Waals surface area (Å²) in [7, 11) is 0. The second-order valence-corrected chi connectivity index (χ2v) is 2.36. The number of nitrogens with two attached hydrogens (primary N) is 1. The lowest BCUT2D eigenvalue weighted by Gasteiger charge is -1.92. The van der Waals surface area contributed by atoms with E-state index in [1.807, 2.05) is 0 Å². The highest BCUT2D eigenvalue weighted by atomic mass is 35.5. The van der Waals surface area contributed by atoms with Crippen LogP contribution in [0.2, 0.25) is 0 Å². The molecular weight excluding hydrogens is 157 g/mol. The molecule has 0 aromatic carbocycles. The van der Waals surface area contributed by atoms with E-state index in [4.69, 9.17) is 28.9 Å². The van der Waals surface area contributed by atoms with Gasteiger partial charge in [-0.3, -0.25) is 0 Å². The summed E-state index contributed by atoms with van der Waals surface area (Å²) in [5.74, 6) is 0. The van der Waals surface area contributed by atoms with Crippen LogP contribution in [0.3, 0.4) is 0 Å². The van der Waals surface area contributed by atoms with Gasteiger partial charge in [0.2, 0.25) is 0 Å². The number of hydrogen-bond donors (Lipinski definition) is 1. The van der Waals surface area contributed by atoms with Crippen molar-refractivity contribution in [3.05, 3.63) is 35.0 Å². The van der Waals surface area contributed by atoms with Crippen molar-refractivity contribution in [2.45, 2.75) is 0 Å². The molecule has 0 saturated heterocycles. The highest BCUT2D eigenvalue weighted by Crippen LogP contribution is 2.11. The predicted octanol–water partition coefficient (Wildman–Crippen LogP) is 2.33. The summed E-state index contributed by atoms with van der Waals surface area (Å²) in [6, 6.07) is 0. The average Bonchev–Trinajstić information content (AvgIpc) is 1.63. The summed E-state index contributed by atoms with van der Waals surface area (Å²) in [5.41, 5.74) is 5.48. The quantitative estimate of drug-likeness (QED) is 0.622. The Kier molecular flexibility index (Phi) is 3.43. The summed E-state index contributed by atoms with van der Waals surface area (Å²) < 4.78 is 0. The highest BCUT2D eigenvalue weighted by Gasteiger charge is 1.91. The maximum absolute atomic E-state index is 5.50. The largest absolute Gasteiger partial charge is 0.398 e. The van der Waals surface area contributed by atoms with Crippen molar-refractivity contribution in [2.24, 2.45) is 5.73 Å².